The third-order valence-electron chi connectivity index (χ3n) is 4.80. The van der Waals surface area contributed by atoms with Gasteiger partial charge < -0.3 is 10.6 Å². The molecule has 0 radical (unpaired) electrons. The van der Waals surface area contributed by atoms with Crippen molar-refractivity contribution >= 4 is 23.5 Å². The van der Waals surface area contributed by atoms with Crippen molar-refractivity contribution in [3.05, 3.63) is 59.1 Å². The van der Waals surface area contributed by atoms with E-state index in [-0.39, 0.29) is 17.9 Å². The lowest BCUT2D eigenvalue weighted by molar-refractivity contribution is 0.0600. The zero-order chi connectivity index (χ0) is 18.8. The van der Waals surface area contributed by atoms with Crippen LogP contribution in [0, 0.1) is 0 Å². The van der Waals surface area contributed by atoms with Gasteiger partial charge in [-0.05, 0) is 43.0 Å². The van der Waals surface area contributed by atoms with Gasteiger partial charge in [0.05, 0.1) is 11.7 Å². The fraction of sp³-hybridized carbons (Fsp3) is 0.263. The Hall–Kier alpha value is -2.93. The molecular weight excluding hydrogens is 364 g/mol. The van der Waals surface area contributed by atoms with Gasteiger partial charge in [0.1, 0.15) is 5.69 Å². The van der Waals surface area contributed by atoms with Crippen LogP contribution in [0.15, 0.2) is 42.7 Å². The van der Waals surface area contributed by atoms with Gasteiger partial charge in [0, 0.05) is 29.5 Å². The Morgan fingerprint density at radius 1 is 1.22 bits per heavy atom. The van der Waals surface area contributed by atoms with E-state index in [2.05, 4.69) is 20.2 Å². The van der Waals surface area contributed by atoms with E-state index in [1.165, 1.54) is 0 Å². The number of aromatic amines is 1. The Bertz CT molecular complexity index is 941. The van der Waals surface area contributed by atoms with E-state index < -0.39 is 0 Å². The highest BCUT2D eigenvalue weighted by atomic mass is 35.5. The lowest BCUT2D eigenvalue weighted by atomic mass is 9.93. The molecule has 1 aromatic carbocycles. The number of benzene rings is 1. The molecule has 1 saturated heterocycles. The highest BCUT2D eigenvalue weighted by molar-refractivity contribution is 6.30. The number of nitrogen functional groups attached to an aromatic ring is 1. The molecule has 2 aromatic heterocycles. The number of halogens is 1. The van der Waals surface area contributed by atoms with E-state index >= 15 is 0 Å². The van der Waals surface area contributed by atoms with Gasteiger partial charge in [0.15, 0.2) is 0 Å². The summed E-state index contributed by atoms with van der Waals surface area (Å²) in [5.74, 6) is 0.110. The third kappa shape index (κ3) is 3.50. The number of carbonyl (C=O) groups is 1. The number of nitrogens with zero attached hydrogens (tertiary/aromatic N) is 4. The molecule has 1 aliphatic rings. The summed E-state index contributed by atoms with van der Waals surface area (Å²) in [4.78, 5) is 23.5. The van der Waals surface area contributed by atoms with Crippen molar-refractivity contribution in [1.29, 1.82) is 0 Å². The van der Waals surface area contributed by atoms with Gasteiger partial charge in [-0.3, -0.25) is 9.89 Å². The summed E-state index contributed by atoms with van der Waals surface area (Å²) in [6.07, 6.45) is 6.08. The van der Waals surface area contributed by atoms with Crippen LogP contribution in [0.1, 0.15) is 41.5 Å². The number of nitrogens with two attached hydrogens (primary N) is 1. The van der Waals surface area contributed by atoms with Crippen LogP contribution in [0.3, 0.4) is 0 Å². The minimum absolute atomic E-state index is 0.0866. The van der Waals surface area contributed by atoms with Crippen LogP contribution < -0.4 is 5.73 Å². The largest absolute Gasteiger partial charge is 0.368 e. The standard InChI is InChI=1S/C19H19ClN6O/c20-13-6-4-12(5-7-13)14-11-22-19(21)24-17(14)16-3-1-2-10-26(16)18(27)15-8-9-23-25-15/h4-9,11,16H,1-3,10H2,(H,23,25)(H2,21,22,24)/t16-/m0/s1. The van der Waals surface area contributed by atoms with Crippen molar-refractivity contribution in [1.82, 2.24) is 25.1 Å². The number of piperidine rings is 1. The summed E-state index contributed by atoms with van der Waals surface area (Å²) >= 11 is 6.02. The maximum atomic E-state index is 13.0. The number of aromatic nitrogens is 4. The number of anilines is 1. The summed E-state index contributed by atoms with van der Waals surface area (Å²) in [6.45, 7) is 0.659. The second-order valence-corrected chi connectivity index (χ2v) is 6.95. The summed E-state index contributed by atoms with van der Waals surface area (Å²) < 4.78 is 0. The van der Waals surface area contributed by atoms with Crippen LogP contribution in [-0.2, 0) is 0 Å². The van der Waals surface area contributed by atoms with E-state index in [0.29, 0.717) is 17.3 Å². The number of nitrogens with one attached hydrogen (secondary N) is 1. The van der Waals surface area contributed by atoms with Crippen LogP contribution in [-0.4, -0.2) is 37.5 Å². The average molecular weight is 383 g/mol. The Labute approximate surface area is 161 Å². The number of carbonyl (C=O) groups excluding carboxylic acids is 1. The fourth-order valence-corrected chi connectivity index (χ4v) is 3.63. The minimum atomic E-state index is -0.175. The van der Waals surface area contributed by atoms with E-state index in [9.17, 15) is 4.79 Å². The van der Waals surface area contributed by atoms with Gasteiger partial charge in [-0.1, -0.05) is 23.7 Å². The van der Waals surface area contributed by atoms with Crippen LogP contribution in [0.5, 0.6) is 0 Å². The monoisotopic (exact) mass is 382 g/mol. The Morgan fingerprint density at radius 2 is 2.04 bits per heavy atom. The maximum absolute atomic E-state index is 13.0. The first-order valence-corrected chi connectivity index (χ1v) is 9.20. The molecule has 0 spiro atoms. The topological polar surface area (TPSA) is 101 Å². The number of likely N-dealkylation sites (tertiary alicyclic amines) is 1. The predicted octanol–water partition coefficient (Wildman–Crippen LogP) is 3.47. The highest BCUT2D eigenvalue weighted by Crippen LogP contribution is 2.36. The molecule has 1 aliphatic heterocycles. The highest BCUT2D eigenvalue weighted by Gasteiger charge is 2.32. The van der Waals surface area contributed by atoms with Crippen LogP contribution in [0.2, 0.25) is 5.02 Å². The summed E-state index contributed by atoms with van der Waals surface area (Å²) in [7, 11) is 0. The molecule has 1 atom stereocenters. The molecule has 3 N–H and O–H groups in total. The van der Waals surface area contributed by atoms with Crippen LogP contribution in [0.25, 0.3) is 11.1 Å². The molecule has 27 heavy (non-hydrogen) atoms. The molecule has 7 nitrogen and oxygen atoms in total. The van der Waals surface area contributed by atoms with Crippen molar-refractivity contribution in [2.24, 2.45) is 0 Å². The number of amides is 1. The summed E-state index contributed by atoms with van der Waals surface area (Å²) in [6, 6.07) is 9.00. The second kappa shape index (κ2) is 7.36. The molecule has 0 bridgehead atoms. The smallest absolute Gasteiger partial charge is 0.272 e. The van der Waals surface area contributed by atoms with Crippen molar-refractivity contribution in [3.63, 3.8) is 0 Å². The number of hydrogen-bond donors (Lipinski definition) is 2. The number of rotatable bonds is 3. The molecular formula is C19H19ClN6O. The van der Waals surface area contributed by atoms with Crippen molar-refractivity contribution in [2.75, 3.05) is 12.3 Å². The number of H-pyrrole nitrogens is 1. The molecule has 8 heteroatoms. The van der Waals surface area contributed by atoms with Gasteiger partial charge in [-0.25, -0.2) is 9.97 Å². The van der Waals surface area contributed by atoms with Crippen molar-refractivity contribution in [3.8, 4) is 11.1 Å². The van der Waals surface area contributed by atoms with Gasteiger partial charge in [0.25, 0.3) is 5.91 Å². The van der Waals surface area contributed by atoms with E-state index in [1.807, 2.05) is 29.2 Å². The Morgan fingerprint density at radius 3 is 2.78 bits per heavy atom. The Balaban J connectivity index is 1.77. The molecule has 3 aromatic rings. The lowest BCUT2D eigenvalue weighted by Gasteiger charge is -2.36. The SMILES string of the molecule is Nc1ncc(-c2ccc(Cl)cc2)c([C@@H]2CCCCN2C(=O)c2ccn[nH]2)n1. The van der Waals surface area contributed by atoms with Gasteiger partial charge in [0.2, 0.25) is 5.95 Å². The van der Waals surface area contributed by atoms with Crippen molar-refractivity contribution < 1.29 is 4.79 Å². The Kier molecular flexibility index (Phi) is 4.77. The minimum Gasteiger partial charge on any atom is -0.368 e. The quantitative estimate of drug-likeness (QED) is 0.722. The van der Waals surface area contributed by atoms with Gasteiger partial charge in [-0.15, -0.1) is 0 Å². The van der Waals surface area contributed by atoms with Crippen molar-refractivity contribution in [2.45, 2.75) is 25.3 Å². The number of hydrogen-bond acceptors (Lipinski definition) is 5. The molecule has 4 rings (SSSR count). The first-order valence-electron chi connectivity index (χ1n) is 8.82. The lowest BCUT2D eigenvalue weighted by Crippen LogP contribution is -2.39. The third-order valence-corrected chi connectivity index (χ3v) is 5.05. The summed E-state index contributed by atoms with van der Waals surface area (Å²) in [5.41, 5.74) is 8.92. The fourth-order valence-electron chi connectivity index (χ4n) is 3.50. The normalized spacial score (nSPS) is 17.1. The van der Waals surface area contributed by atoms with E-state index in [0.717, 1.165) is 36.1 Å². The molecule has 138 valence electrons. The zero-order valence-electron chi connectivity index (χ0n) is 14.6. The summed E-state index contributed by atoms with van der Waals surface area (Å²) in [5, 5.41) is 7.31. The molecule has 3 heterocycles. The first kappa shape index (κ1) is 17.5. The molecule has 0 unspecified atom stereocenters. The van der Waals surface area contributed by atoms with E-state index in [1.54, 1.807) is 18.5 Å². The second-order valence-electron chi connectivity index (χ2n) is 6.51. The van der Waals surface area contributed by atoms with Crippen LogP contribution >= 0.6 is 11.6 Å². The molecule has 0 aliphatic carbocycles. The maximum Gasteiger partial charge on any atom is 0.272 e. The zero-order valence-corrected chi connectivity index (χ0v) is 15.4. The molecule has 1 amide bonds. The van der Waals surface area contributed by atoms with E-state index in [4.69, 9.17) is 17.3 Å². The van der Waals surface area contributed by atoms with Gasteiger partial charge in [-0.2, -0.15) is 5.10 Å². The predicted molar refractivity (Wildman–Crippen MR) is 103 cm³/mol. The first-order chi connectivity index (χ1) is 13.1. The molecule has 1 fully saturated rings. The van der Waals surface area contributed by atoms with Gasteiger partial charge >= 0.3 is 0 Å². The average Bonchev–Trinajstić information content (AvgIpc) is 3.23. The molecule has 0 saturated carbocycles. The van der Waals surface area contributed by atoms with Crippen LogP contribution in [0.4, 0.5) is 5.95 Å².